The van der Waals surface area contributed by atoms with E-state index >= 15 is 0 Å². The van der Waals surface area contributed by atoms with Gasteiger partial charge in [-0.2, -0.15) is 0 Å². The molecule has 3 rings (SSSR count). The van der Waals surface area contributed by atoms with Gasteiger partial charge in [-0.15, -0.1) is 0 Å². The molecule has 21 heavy (non-hydrogen) atoms. The van der Waals surface area contributed by atoms with Gasteiger partial charge in [0.1, 0.15) is 16.7 Å². The summed E-state index contributed by atoms with van der Waals surface area (Å²) in [7, 11) is 0. The van der Waals surface area contributed by atoms with E-state index in [1.54, 1.807) is 0 Å². The maximum absolute atomic E-state index is 6.27. The minimum atomic E-state index is 0.174. The van der Waals surface area contributed by atoms with Crippen molar-refractivity contribution in [2.24, 2.45) is 0 Å². The van der Waals surface area contributed by atoms with E-state index < -0.39 is 0 Å². The smallest absolute Gasteiger partial charge is 0.136 e. The number of nitrogens with zero attached hydrogens (tertiary/aromatic N) is 2. The monoisotopic (exact) mass is 302 g/mol. The molecule has 0 aliphatic heterocycles. The Kier molecular flexibility index (Phi) is 3.85. The fraction of sp³-hybridized carbons (Fsp3) is 0.412. The van der Waals surface area contributed by atoms with Crippen molar-refractivity contribution in [3.05, 3.63) is 40.8 Å². The lowest BCUT2D eigenvalue weighted by Gasteiger charge is -2.12. The Morgan fingerprint density at radius 2 is 1.81 bits per heavy atom. The number of aromatic nitrogens is 2. The molecule has 1 aliphatic rings. The predicted octanol–water partition coefficient (Wildman–Crippen LogP) is 4.77. The van der Waals surface area contributed by atoms with Gasteiger partial charge in [-0.3, -0.25) is 0 Å². The summed E-state index contributed by atoms with van der Waals surface area (Å²) >= 11 is 6.27. The van der Waals surface area contributed by atoms with Crippen LogP contribution in [-0.2, 0) is 0 Å². The van der Waals surface area contributed by atoms with Gasteiger partial charge in [0.25, 0.3) is 0 Å². The Bertz CT molecular complexity index is 649. The summed E-state index contributed by atoms with van der Waals surface area (Å²) in [6.45, 7) is 6.00. The Balaban J connectivity index is 1.95. The highest BCUT2D eigenvalue weighted by atomic mass is 35.5. The van der Waals surface area contributed by atoms with Crippen LogP contribution < -0.4 is 4.74 Å². The van der Waals surface area contributed by atoms with Crippen LogP contribution in [0.25, 0.3) is 11.3 Å². The van der Waals surface area contributed by atoms with Crippen LogP contribution >= 0.6 is 11.6 Å². The van der Waals surface area contributed by atoms with Crippen LogP contribution in [0.1, 0.15) is 44.0 Å². The van der Waals surface area contributed by atoms with E-state index in [-0.39, 0.29) is 6.10 Å². The van der Waals surface area contributed by atoms with E-state index in [0.29, 0.717) is 11.1 Å². The van der Waals surface area contributed by atoms with Crippen LogP contribution in [0.5, 0.6) is 5.75 Å². The number of halogens is 1. The van der Waals surface area contributed by atoms with Crippen molar-refractivity contribution in [2.45, 2.75) is 45.6 Å². The maximum atomic E-state index is 6.27. The first-order valence-corrected chi connectivity index (χ1v) is 7.73. The number of ether oxygens (including phenoxy) is 1. The highest BCUT2D eigenvalue weighted by Gasteiger charge is 2.28. The zero-order chi connectivity index (χ0) is 15.0. The SMILES string of the molecule is Cc1c(Cl)nc(C2CC2)nc1-c1ccc(OC(C)C)cc1. The molecular formula is C17H19ClN2O. The Morgan fingerprint density at radius 1 is 1.14 bits per heavy atom. The van der Waals surface area contributed by atoms with Crippen molar-refractivity contribution in [2.75, 3.05) is 0 Å². The van der Waals surface area contributed by atoms with Gasteiger partial charge in [-0.1, -0.05) is 11.6 Å². The molecule has 0 N–H and O–H groups in total. The van der Waals surface area contributed by atoms with Crippen molar-refractivity contribution >= 4 is 11.6 Å². The molecule has 0 bridgehead atoms. The standard InChI is InChI=1S/C17H19ClN2O/c1-10(2)21-14-8-6-12(7-9-14)15-11(3)16(18)20-17(19-15)13-4-5-13/h6-10,13H,4-5H2,1-3H3. The molecule has 1 aromatic carbocycles. The average Bonchev–Trinajstić information content (AvgIpc) is 3.26. The molecule has 4 heteroatoms. The van der Waals surface area contributed by atoms with Crippen LogP contribution in [0.3, 0.4) is 0 Å². The van der Waals surface area contributed by atoms with E-state index in [1.807, 2.05) is 45.0 Å². The number of rotatable bonds is 4. The van der Waals surface area contributed by atoms with E-state index in [1.165, 1.54) is 12.8 Å². The molecule has 1 aromatic heterocycles. The molecule has 3 nitrogen and oxygen atoms in total. The van der Waals surface area contributed by atoms with Gasteiger partial charge in [0.05, 0.1) is 11.8 Å². The van der Waals surface area contributed by atoms with Gasteiger partial charge < -0.3 is 4.74 Å². The summed E-state index contributed by atoms with van der Waals surface area (Å²) in [6, 6.07) is 8.00. The third kappa shape index (κ3) is 3.18. The lowest BCUT2D eigenvalue weighted by molar-refractivity contribution is 0.242. The molecule has 0 spiro atoms. The van der Waals surface area contributed by atoms with Gasteiger partial charge in [0.15, 0.2) is 0 Å². The molecule has 1 aliphatic carbocycles. The van der Waals surface area contributed by atoms with Crippen LogP contribution in [-0.4, -0.2) is 16.1 Å². The van der Waals surface area contributed by atoms with Crippen LogP contribution in [0.15, 0.2) is 24.3 Å². The second kappa shape index (κ2) is 5.64. The molecule has 0 amide bonds. The maximum Gasteiger partial charge on any atom is 0.136 e. The Hall–Kier alpha value is -1.61. The second-order valence-corrected chi connectivity index (χ2v) is 6.17. The van der Waals surface area contributed by atoms with Crippen molar-refractivity contribution in [3.63, 3.8) is 0 Å². The quantitative estimate of drug-likeness (QED) is 0.763. The zero-order valence-corrected chi connectivity index (χ0v) is 13.3. The summed E-state index contributed by atoms with van der Waals surface area (Å²) < 4.78 is 5.67. The molecule has 2 aromatic rings. The van der Waals surface area contributed by atoms with Crippen molar-refractivity contribution in [1.29, 1.82) is 0 Å². The number of hydrogen-bond acceptors (Lipinski definition) is 3. The van der Waals surface area contributed by atoms with Crippen molar-refractivity contribution < 1.29 is 4.74 Å². The average molecular weight is 303 g/mol. The molecule has 0 atom stereocenters. The largest absolute Gasteiger partial charge is 0.491 e. The summed E-state index contributed by atoms with van der Waals surface area (Å²) in [4.78, 5) is 9.13. The van der Waals surface area contributed by atoms with E-state index in [4.69, 9.17) is 21.3 Å². The van der Waals surface area contributed by atoms with Crippen LogP contribution in [0.4, 0.5) is 0 Å². The minimum Gasteiger partial charge on any atom is -0.491 e. The first-order valence-electron chi connectivity index (χ1n) is 7.35. The van der Waals surface area contributed by atoms with E-state index in [0.717, 1.165) is 28.4 Å². The number of hydrogen-bond donors (Lipinski definition) is 0. The second-order valence-electron chi connectivity index (χ2n) is 5.81. The third-order valence-electron chi connectivity index (χ3n) is 3.55. The normalized spacial score (nSPS) is 14.5. The van der Waals surface area contributed by atoms with E-state index in [2.05, 4.69) is 4.98 Å². The molecule has 0 unspecified atom stereocenters. The first kappa shape index (κ1) is 14.3. The van der Waals surface area contributed by atoms with Crippen molar-refractivity contribution in [1.82, 2.24) is 9.97 Å². The highest BCUT2D eigenvalue weighted by molar-refractivity contribution is 6.30. The summed E-state index contributed by atoms with van der Waals surface area (Å²) in [5.74, 6) is 2.24. The number of benzene rings is 1. The first-order chi connectivity index (χ1) is 10.0. The molecule has 1 heterocycles. The molecule has 1 fully saturated rings. The highest BCUT2D eigenvalue weighted by Crippen LogP contribution is 2.40. The molecular weight excluding hydrogens is 284 g/mol. The Morgan fingerprint density at radius 3 is 2.38 bits per heavy atom. The van der Waals surface area contributed by atoms with Crippen LogP contribution in [0, 0.1) is 6.92 Å². The Labute approximate surface area is 130 Å². The van der Waals surface area contributed by atoms with Crippen molar-refractivity contribution in [3.8, 4) is 17.0 Å². The van der Waals surface area contributed by atoms with Gasteiger partial charge in [-0.25, -0.2) is 9.97 Å². The molecule has 1 saturated carbocycles. The zero-order valence-electron chi connectivity index (χ0n) is 12.6. The van der Waals surface area contributed by atoms with Gasteiger partial charge in [-0.05, 0) is 57.9 Å². The van der Waals surface area contributed by atoms with Gasteiger partial charge in [0, 0.05) is 17.0 Å². The lowest BCUT2D eigenvalue weighted by atomic mass is 10.1. The third-order valence-corrected chi connectivity index (χ3v) is 3.91. The van der Waals surface area contributed by atoms with Crippen LogP contribution in [0.2, 0.25) is 5.15 Å². The molecule has 110 valence electrons. The molecule has 0 saturated heterocycles. The summed E-state index contributed by atoms with van der Waals surface area (Å²) in [6.07, 6.45) is 2.51. The fourth-order valence-electron chi connectivity index (χ4n) is 2.27. The molecule has 0 radical (unpaired) electrons. The van der Waals surface area contributed by atoms with E-state index in [9.17, 15) is 0 Å². The fourth-order valence-corrected chi connectivity index (χ4v) is 2.45. The summed E-state index contributed by atoms with van der Waals surface area (Å²) in [5, 5.41) is 0.560. The van der Waals surface area contributed by atoms with Gasteiger partial charge >= 0.3 is 0 Å². The lowest BCUT2D eigenvalue weighted by Crippen LogP contribution is -2.05. The predicted molar refractivity (Wildman–Crippen MR) is 85.0 cm³/mol. The van der Waals surface area contributed by atoms with Gasteiger partial charge in [0.2, 0.25) is 0 Å². The topological polar surface area (TPSA) is 35.0 Å². The minimum absolute atomic E-state index is 0.174. The summed E-state index contributed by atoms with van der Waals surface area (Å²) in [5.41, 5.74) is 2.90.